The predicted octanol–water partition coefficient (Wildman–Crippen LogP) is 4.36. The van der Waals surface area contributed by atoms with Gasteiger partial charge in [-0.25, -0.2) is 0 Å². The highest BCUT2D eigenvalue weighted by atomic mass is 28.4. The van der Waals surface area contributed by atoms with E-state index in [1.165, 1.54) is 22.3 Å². The second kappa shape index (κ2) is 15.3. The summed E-state index contributed by atoms with van der Waals surface area (Å²) in [6, 6.07) is 26.1. The molecule has 0 aliphatic carbocycles. The summed E-state index contributed by atoms with van der Waals surface area (Å²) < 4.78 is 31.7. The first-order valence-corrected chi connectivity index (χ1v) is 18.5. The lowest BCUT2D eigenvalue weighted by Crippen LogP contribution is -2.56. The van der Waals surface area contributed by atoms with Gasteiger partial charge >= 0.3 is 0 Å². The molecule has 0 atom stereocenters. The van der Waals surface area contributed by atoms with Crippen molar-refractivity contribution in [3.8, 4) is 23.0 Å². The Morgan fingerprint density at radius 1 is 0.395 bits per heavy atom. The third-order valence-corrected chi connectivity index (χ3v) is 14.6. The first-order chi connectivity index (χ1) is 20.9. The maximum absolute atomic E-state index is 7.62. The first kappa shape index (κ1) is 32.4. The molecule has 0 unspecified atom stereocenters. The number of ether oxygens (including phenoxy) is 4. The molecule has 0 saturated heterocycles. The maximum atomic E-state index is 7.62. The van der Waals surface area contributed by atoms with E-state index in [0.29, 0.717) is 0 Å². The Labute approximate surface area is 261 Å². The van der Waals surface area contributed by atoms with Gasteiger partial charge in [0.1, 0.15) is 23.0 Å². The van der Waals surface area contributed by atoms with Crippen LogP contribution in [-0.4, -0.2) is 46.5 Å². The Hall–Kier alpha value is -3.53. The van der Waals surface area contributed by atoms with Crippen molar-refractivity contribution in [2.24, 2.45) is 0 Å². The number of hydrogen-bond acceptors (Lipinski definition) is 5. The second-order valence-corrected chi connectivity index (χ2v) is 15.7. The first-order valence-electron chi connectivity index (χ1n) is 15.3. The molecule has 7 heteroatoms. The van der Waals surface area contributed by atoms with Crippen LogP contribution < -0.4 is 39.7 Å². The van der Waals surface area contributed by atoms with Crippen molar-refractivity contribution in [2.75, 3.05) is 28.4 Å². The van der Waals surface area contributed by atoms with Crippen molar-refractivity contribution >= 4 is 38.8 Å². The van der Waals surface area contributed by atoms with Gasteiger partial charge in [0, 0.05) is 20.7 Å². The Morgan fingerprint density at radius 2 is 0.628 bits per heavy atom. The minimum absolute atomic E-state index is 0.854. The van der Waals surface area contributed by atoms with E-state index in [1.54, 1.807) is 28.4 Å². The number of aryl methyl sites for hydroxylation is 4. The van der Waals surface area contributed by atoms with Gasteiger partial charge in [-0.05, 0) is 72.2 Å². The Bertz CT molecular complexity index is 1300. The van der Waals surface area contributed by atoms with Crippen molar-refractivity contribution in [1.29, 1.82) is 0 Å². The summed E-state index contributed by atoms with van der Waals surface area (Å²) in [6.07, 6.45) is 3.71. The van der Waals surface area contributed by atoms with Crippen molar-refractivity contribution in [2.45, 2.75) is 53.4 Å². The predicted molar refractivity (Wildman–Crippen MR) is 183 cm³/mol. The van der Waals surface area contributed by atoms with Crippen LogP contribution in [0.2, 0.25) is 0 Å². The van der Waals surface area contributed by atoms with Crippen molar-refractivity contribution in [3.05, 3.63) is 95.1 Å². The van der Waals surface area contributed by atoms with E-state index in [2.05, 4.69) is 100 Å². The lowest BCUT2D eigenvalue weighted by molar-refractivity contribution is 0.413. The van der Waals surface area contributed by atoms with Gasteiger partial charge in [-0.1, -0.05) is 76.2 Å². The summed E-state index contributed by atoms with van der Waals surface area (Å²) in [7, 11) is 2.13. The summed E-state index contributed by atoms with van der Waals surface area (Å²) in [4.78, 5) is 0. The van der Waals surface area contributed by atoms with Gasteiger partial charge in [0.2, 0.25) is 18.1 Å². The number of hydrogen-bond donors (Lipinski definition) is 0. The Kier molecular flexibility index (Phi) is 11.5. The monoisotopic (exact) mass is 614 g/mol. The van der Waals surface area contributed by atoms with E-state index >= 15 is 0 Å². The maximum Gasteiger partial charge on any atom is 0.236 e. The van der Waals surface area contributed by atoms with E-state index in [-0.39, 0.29) is 0 Å². The minimum Gasteiger partial charge on any atom is -0.497 e. The zero-order valence-electron chi connectivity index (χ0n) is 27.0. The molecular weight excluding hydrogens is 569 g/mol. The Morgan fingerprint density at radius 3 is 0.814 bits per heavy atom. The minimum atomic E-state index is -2.43. The third kappa shape index (κ3) is 7.17. The molecule has 0 aromatic heterocycles. The molecule has 0 fully saturated rings. The van der Waals surface area contributed by atoms with Crippen LogP contribution in [0, 0.1) is 0 Å². The number of benzene rings is 4. The van der Waals surface area contributed by atoms with Crippen molar-refractivity contribution < 1.29 is 23.1 Å². The normalized spacial score (nSPS) is 11.2. The highest BCUT2D eigenvalue weighted by Gasteiger charge is 2.34. The fourth-order valence-electron chi connectivity index (χ4n) is 5.53. The van der Waals surface area contributed by atoms with E-state index < -0.39 is 18.1 Å². The van der Waals surface area contributed by atoms with Crippen LogP contribution in [0.1, 0.15) is 49.9 Å². The largest absolute Gasteiger partial charge is 0.497 e. The molecule has 0 spiro atoms. The fourth-order valence-corrected chi connectivity index (χ4v) is 12.6. The van der Waals surface area contributed by atoms with Gasteiger partial charge in [-0.3, -0.25) is 0 Å². The van der Waals surface area contributed by atoms with Crippen LogP contribution in [0.15, 0.2) is 72.8 Å². The molecule has 4 aromatic rings. The van der Waals surface area contributed by atoms with Crippen LogP contribution in [0.25, 0.3) is 0 Å². The summed E-state index contributed by atoms with van der Waals surface area (Å²) in [6.45, 7) is 8.64. The van der Waals surface area contributed by atoms with Gasteiger partial charge < -0.3 is 23.1 Å². The van der Waals surface area contributed by atoms with Gasteiger partial charge in [0.25, 0.3) is 0 Å². The van der Waals surface area contributed by atoms with Gasteiger partial charge in [0.15, 0.2) is 0 Å². The molecule has 4 rings (SSSR count). The molecule has 228 valence electrons. The lowest BCUT2D eigenvalue weighted by atomic mass is 10.1. The molecule has 0 aliphatic heterocycles. The molecule has 0 radical (unpaired) electrons. The molecule has 0 heterocycles. The summed E-state index contributed by atoms with van der Waals surface area (Å²) in [5, 5.41) is 4.36. The number of methoxy groups -OCH3 is 4. The van der Waals surface area contributed by atoms with Crippen LogP contribution in [0.3, 0.4) is 0 Å². The standard InChI is InChI=1S/C36H46O5Si2/c1-9-25-13-17-33(29(21-25)37-5)42(34-18-14-26(10-2)22-30(34)38-6)41-43(35-19-15-27(11-3)23-31(35)39-7)36-20-16-28(12-4)24-32(36)40-8/h13-24,42-43H,9-12H2,1-8H3. The van der Waals surface area contributed by atoms with Gasteiger partial charge in [-0.2, -0.15) is 0 Å². The lowest BCUT2D eigenvalue weighted by Gasteiger charge is -2.29. The third-order valence-electron chi connectivity index (χ3n) is 8.23. The zero-order valence-corrected chi connectivity index (χ0v) is 29.3. The molecule has 0 N–H and O–H groups in total. The summed E-state index contributed by atoms with van der Waals surface area (Å²) in [5.41, 5.74) is 4.90. The molecule has 0 saturated carbocycles. The molecule has 43 heavy (non-hydrogen) atoms. The average molecular weight is 615 g/mol. The summed E-state index contributed by atoms with van der Waals surface area (Å²) >= 11 is 0. The molecule has 0 bridgehead atoms. The van der Waals surface area contributed by atoms with Crippen LogP contribution >= 0.6 is 0 Å². The fraction of sp³-hybridized carbons (Fsp3) is 0.333. The highest BCUT2D eigenvalue weighted by Crippen LogP contribution is 2.22. The van der Waals surface area contributed by atoms with Crippen LogP contribution in [0.4, 0.5) is 0 Å². The van der Waals surface area contributed by atoms with Gasteiger partial charge in [0.05, 0.1) is 28.4 Å². The number of rotatable bonds is 14. The van der Waals surface area contributed by atoms with Crippen molar-refractivity contribution in [3.63, 3.8) is 0 Å². The van der Waals surface area contributed by atoms with E-state index in [1.807, 2.05) is 0 Å². The van der Waals surface area contributed by atoms with E-state index in [4.69, 9.17) is 23.1 Å². The van der Waals surface area contributed by atoms with Gasteiger partial charge in [-0.15, -0.1) is 0 Å². The van der Waals surface area contributed by atoms with E-state index in [0.717, 1.165) is 69.4 Å². The second-order valence-electron chi connectivity index (χ2n) is 10.6. The highest BCUT2D eigenvalue weighted by molar-refractivity contribution is 6.93. The molecule has 4 aromatic carbocycles. The summed E-state index contributed by atoms with van der Waals surface area (Å²) in [5.74, 6) is 3.41. The quantitative estimate of drug-likeness (QED) is 0.198. The van der Waals surface area contributed by atoms with Crippen molar-refractivity contribution in [1.82, 2.24) is 0 Å². The van der Waals surface area contributed by atoms with E-state index in [9.17, 15) is 0 Å². The molecule has 0 amide bonds. The Balaban J connectivity index is 2.01. The zero-order chi connectivity index (χ0) is 30.9. The van der Waals surface area contributed by atoms with Crippen LogP contribution in [0.5, 0.6) is 23.0 Å². The molecular formula is C36H46O5Si2. The SMILES string of the molecule is CCc1ccc([SiH](O[SiH](c2ccc(CC)cc2OC)c2ccc(CC)cc2OC)c2ccc(CC)cc2OC)c(OC)c1. The smallest absolute Gasteiger partial charge is 0.236 e. The molecule has 5 nitrogen and oxygen atoms in total. The van der Waals surface area contributed by atoms with Crippen LogP contribution in [-0.2, 0) is 29.8 Å². The topological polar surface area (TPSA) is 46.2 Å². The molecule has 0 aliphatic rings. The average Bonchev–Trinajstić information content (AvgIpc) is 3.07.